The highest BCUT2D eigenvalue weighted by molar-refractivity contribution is 6.31. The van der Waals surface area contributed by atoms with E-state index in [2.05, 4.69) is 15.2 Å². The van der Waals surface area contributed by atoms with E-state index in [1.165, 1.54) is 10.5 Å². The fourth-order valence-electron chi connectivity index (χ4n) is 2.24. The molecule has 3 rings (SSSR count). The fraction of sp³-hybridized carbons (Fsp3) is 0.188. The molecule has 24 heavy (non-hydrogen) atoms. The van der Waals surface area contributed by atoms with E-state index >= 15 is 0 Å². The zero-order chi connectivity index (χ0) is 17.5. The van der Waals surface area contributed by atoms with Gasteiger partial charge < -0.3 is 0 Å². The van der Waals surface area contributed by atoms with Crippen LogP contribution < -0.4 is 0 Å². The predicted octanol–water partition coefficient (Wildman–Crippen LogP) is 6.04. The number of alkyl halides is 3. The average molecular weight is 353 g/mol. The highest BCUT2D eigenvalue weighted by atomic mass is 35.5. The monoisotopic (exact) mass is 352 g/mol. The van der Waals surface area contributed by atoms with Crippen LogP contribution in [0.3, 0.4) is 0 Å². The summed E-state index contributed by atoms with van der Waals surface area (Å²) in [7, 11) is 0. The van der Waals surface area contributed by atoms with Crippen LogP contribution in [0.2, 0.25) is 5.02 Å². The van der Waals surface area contributed by atoms with Crippen LogP contribution in [0.1, 0.15) is 16.8 Å². The number of aryl methyl sites for hydroxylation is 1. The van der Waals surface area contributed by atoms with Crippen LogP contribution in [-0.4, -0.2) is 9.38 Å². The average Bonchev–Trinajstić information content (AvgIpc) is 2.82. The van der Waals surface area contributed by atoms with Crippen LogP contribution in [0.25, 0.3) is 5.65 Å². The number of rotatable bonds is 2. The number of fused-ring (bicyclic) bond motifs is 1. The first-order valence-corrected chi connectivity index (χ1v) is 7.38. The highest BCUT2D eigenvalue weighted by Crippen LogP contribution is 2.32. The van der Waals surface area contributed by atoms with Gasteiger partial charge in [-0.05, 0) is 43.7 Å². The Kier molecular flexibility index (Phi) is 4.04. The molecule has 1 aromatic carbocycles. The number of hydrogen-bond acceptors (Lipinski definition) is 3. The summed E-state index contributed by atoms with van der Waals surface area (Å²) in [5, 5.41) is 8.74. The SMILES string of the molecule is Cc1nc2ccc(C(F)(F)F)cn2c1N=Nc1cccc(Cl)c1C. The van der Waals surface area contributed by atoms with Crippen molar-refractivity contribution in [2.24, 2.45) is 10.2 Å². The first kappa shape index (κ1) is 16.4. The summed E-state index contributed by atoms with van der Waals surface area (Å²) in [5.74, 6) is 0.246. The number of pyridine rings is 1. The van der Waals surface area contributed by atoms with Crippen LogP contribution in [0, 0.1) is 13.8 Å². The van der Waals surface area contributed by atoms with Gasteiger partial charge >= 0.3 is 6.18 Å². The quantitative estimate of drug-likeness (QED) is 0.518. The molecule has 0 amide bonds. The van der Waals surface area contributed by atoms with Crippen molar-refractivity contribution in [2.45, 2.75) is 20.0 Å². The Labute approximate surface area is 140 Å². The van der Waals surface area contributed by atoms with E-state index in [0.717, 1.165) is 17.8 Å². The Morgan fingerprint density at radius 3 is 2.54 bits per heavy atom. The van der Waals surface area contributed by atoms with E-state index in [1.807, 2.05) is 0 Å². The molecule has 2 aromatic heterocycles. The molecular formula is C16H12ClF3N4. The van der Waals surface area contributed by atoms with E-state index < -0.39 is 11.7 Å². The topological polar surface area (TPSA) is 42.0 Å². The maximum Gasteiger partial charge on any atom is 0.417 e. The number of aromatic nitrogens is 2. The predicted molar refractivity (Wildman–Crippen MR) is 85.3 cm³/mol. The molecule has 0 saturated heterocycles. The van der Waals surface area contributed by atoms with Crippen molar-refractivity contribution in [1.29, 1.82) is 0 Å². The number of nitrogens with zero attached hydrogens (tertiary/aromatic N) is 4. The highest BCUT2D eigenvalue weighted by Gasteiger charge is 2.31. The summed E-state index contributed by atoms with van der Waals surface area (Å²) in [6.45, 7) is 3.46. The minimum absolute atomic E-state index is 0.246. The van der Waals surface area contributed by atoms with Gasteiger partial charge in [0.05, 0.1) is 16.9 Å². The molecule has 4 nitrogen and oxygen atoms in total. The van der Waals surface area contributed by atoms with Crippen molar-refractivity contribution in [3.05, 3.63) is 58.4 Å². The van der Waals surface area contributed by atoms with Gasteiger partial charge in [0, 0.05) is 11.2 Å². The van der Waals surface area contributed by atoms with Gasteiger partial charge in [0.15, 0.2) is 5.82 Å². The molecule has 124 valence electrons. The van der Waals surface area contributed by atoms with Crippen molar-refractivity contribution in [2.75, 3.05) is 0 Å². The van der Waals surface area contributed by atoms with Crippen molar-refractivity contribution in [1.82, 2.24) is 9.38 Å². The summed E-state index contributed by atoms with van der Waals surface area (Å²) in [5.41, 5.74) is 1.37. The Balaban J connectivity index is 2.10. The molecule has 0 aliphatic rings. The third kappa shape index (κ3) is 2.99. The maximum atomic E-state index is 12.9. The molecule has 0 fully saturated rings. The summed E-state index contributed by atoms with van der Waals surface area (Å²) < 4.78 is 40.0. The summed E-state index contributed by atoms with van der Waals surface area (Å²) >= 11 is 6.03. The van der Waals surface area contributed by atoms with Gasteiger partial charge in [-0.3, -0.25) is 4.40 Å². The Morgan fingerprint density at radius 1 is 1.08 bits per heavy atom. The summed E-state index contributed by atoms with van der Waals surface area (Å²) in [4.78, 5) is 4.20. The molecule has 0 N–H and O–H groups in total. The second-order valence-corrected chi connectivity index (χ2v) is 5.66. The molecule has 3 aromatic rings. The molecule has 0 spiro atoms. The lowest BCUT2D eigenvalue weighted by molar-refractivity contribution is -0.137. The van der Waals surface area contributed by atoms with E-state index in [1.54, 1.807) is 32.0 Å². The molecule has 0 aliphatic heterocycles. The second kappa shape index (κ2) is 5.90. The standard InChI is InChI=1S/C16H12ClF3N4/c1-9-12(17)4-3-5-13(9)22-23-15-10(2)21-14-7-6-11(8-24(14)15)16(18,19)20/h3-8H,1-2H3. The second-order valence-electron chi connectivity index (χ2n) is 5.25. The summed E-state index contributed by atoms with van der Waals surface area (Å²) in [6.07, 6.45) is -3.47. The van der Waals surface area contributed by atoms with Crippen molar-refractivity contribution in [3.63, 3.8) is 0 Å². The molecule has 2 heterocycles. The smallest absolute Gasteiger partial charge is 0.282 e. The Morgan fingerprint density at radius 2 is 1.83 bits per heavy atom. The van der Waals surface area contributed by atoms with Crippen LogP contribution in [0.5, 0.6) is 0 Å². The van der Waals surface area contributed by atoms with E-state index in [0.29, 0.717) is 22.1 Å². The van der Waals surface area contributed by atoms with E-state index in [9.17, 15) is 13.2 Å². The molecule has 0 saturated carbocycles. The molecular weight excluding hydrogens is 341 g/mol. The Bertz CT molecular complexity index is 944. The zero-order valence-corrected chi connectivity index (χ0v) is 13.5. The number of imidazole rings is 1. The van der Waals surface area contributed by atoms with Crippen LogP contribution in [0.15, 0.2) is 46.8 Å². The van der Waals surface area contributed by atoms with Gasteiger partial charge in [-0.1, -0.05) is 17.7 Å². The number of benzene rings is 1. The van der Waals surface area contributed by atoms with Crippen LogP contribution in [-0.2, 0) is 6.18 Å². The minimum atomic E-state index is -4.44. The number of halogens is 4. The van der Waals surface area contributed by atoms with E-state index in [4.69, 9.17) is 11.6 Å². The lowest BCUT2D eigenvalue weighted by atomic mass is 10.2. The van der Waals surface area contributed by atoms with Gasteiger partial charge in [0.25, 0.3) is 0 Å². The lowest BCUT2D eigenvalue weighted by Crippen LogP contribution is -2.06. The van der Waals surface area contributed by atoms with Gasteiger partial charge in [0.1, 0.15) is 5.65 Å². The number of azo groups is 1. The third-order valence-corrected chi connectivity index (χ3v) is 3.99. The van der Waals surface area contributed by atoms with E-state index in [-0.39, 0.29) is 5.82 Å². The van der Waals surface area contributed by atoms with Gasteiger partial charge in [-0.2, -0.15) is 13.2 Å². The van der Waals surface area contributed by atoms with Crippen molar-refractivity contribution in [3.8, 4) is 0 Å². The first-order valence-electron chi connectivity index (χ1n) is 7.00. The van der Waals surface area contributed by atoms with Gasteiger partial charge in [-0.15, -0.1) is 10.2 Å². The van der Waals surface area contributed by atoms with Crippen LogP contribution in [0.4, 0.5) is 24.7 Å². The largest absolute Gasteiger partial charge is 0.417 e. The van der Waals surface area contributed by atoms with Crippen molar-refractivity contribution >= 4 is 28.8 Å². The Hall–Kier alpha value is -2.41. The fourth-order valence-corrected chi connectivity index (χ4v) is 2.41. The zero-order valence-electron chi connectivity index (χ0n) is 12.8. The van der Waals surface area contributed by atoms with Crippen molar-refractivity contribution < 1.29 is 13.2 Å². The molecule has 8 heteroatoms. The summed E-state index contributed by atoms with van der Waals surface area (Å²) in [6, 6.07) is 7.48. The molecule has 0 unspecified atom stereocenters. The molecule has 0 radical (unpaired) electrons. The maximum absolute atomic E-state index is 12.9. The van der Waals surface area contributed by atoms with Gasteiger partial charge in [-0.25, -0.2) is 4.98 Å². The number of hydrogen-bond donors (Lipinski definition) is 0. The van der Waals surface area contributed by atoms with Gasteiger partial charge in [0.2, 0.25) is 0 Å². The molecule has 0 aliphatic carbocycles. The lowest BCUT2D eigenvalue weighted by Gasteiger charge is -2.07. The normalized spacial score (nSPS) is 12.4. The molecule has 0 atom stereocenters. The van der Waals surface area contributed by atoms with Crippen LogP contribution >= 0.6 is 11.6 Å². The molecule has 0 bridgehead atoms. The minimum Gasteiger partial charge on any atom is -0.282 e. The third-order valence-electron chi connectivity index (χ3n) is 3.58. The first-order chi connectivity index (χ1) is 11.3.